The summed E-state index contributed by atoms with van der Waals surface area (Å²) in [5.74, 6) is 1.35. The van der Waals surface area contributed by atoms with Gasteiger partial charge in [-0.3, -0.25) is 0 Å². The van der Waals surface area contributed by atoms with Crippen LogP contribution in [0.1, 0.15) is 26.0 Å². The summed E-state index contributed by atoms with van der Waals surface area (Å²) in [4.78, 5) is 0. The van der Waals surface area contributed by atoms with Gasteiger partial charge in [0.15, 0.2) is 0 Å². The molecule has 0 spiro atoms. The van der Waals surface area contributed by atoms with Crippen LogP contribution in [-0.2, 0) is 16.1 Å². The van der Waals surface area contributed by atoms with Gasteiger partial charge in [0.25, 0.3) is 0 Å². The summed E-state index contributed by atoms with van der Waals surface area (Å²) in [5, 5.41) is 12.9. The summed E-state index contributed by atoms with van der Waals surface area (Å²) >= 11 is 0. The maximum atomic E-state index is 9.70. The van der Waals surface area contributed by atoms with Crippen LogP contribution in [0.2, 0.25) is 0 Å². The molecule has 1 aromatic heterocycles. The molecule has 0 saturated carbocycles. The number of hydrogen-bond acceptors (Lipinski definition) is 5. The normalized spacial score (nSPS) is 13.0. The molecule has 0 aliphatic rings. The third-order valence-electron chi connectivity index (χ3n) is 2.61. The molecule has 0 aliphatic carbocycles. The second-order valence-corrected chi connectivity index (χ2v) is 5.27. The van der Waals surface area contributed by atoms with E-state index in [2.05, 4.69) is 19.2 Å². The van der Waals surface area contributed by atoms with Gasteiger partial charge in [0.1, 0.15) is 12.4 Å². The van der Waals surface area contributed by atoms with E-state index in [9.17, 15) is 5.11 Å². The first kappa shape index (κ1) is 17.2. The Morgan fingerprint density at radius 3 is 2.85 bits per heavy atom. The van der Waals surface area contributed by atoms with Crippen LogP contribution in [0.4, 0.5) is 0 Å². The van der Waals surface area contributed by atoms with Gasteiger partial charge in [-0.2, -0.15) is 0 Å². The monoisotopic (exact) mass is 285 g/mol. The zero-order chi connectivity index (χ0) is 14.6. The number of nitrogens with one attached hydrogen (secondary N) is 1. The zero-order valence-electron chi connectivity index (χ0n) is 12.5. The van der Waals surface area contributed by atoms with Crippen LogP contribution in [0.15, 0.2) is 22.8 Å². The van der Waals surface area contributed by atoms with Crippen molar-refractivity contribution in [3.8, 4) is 0 Å². The highest BCUT2D eigenvalue weighted by molar-refractivity contribution is 4.96. The minimum Gasteiger partial charge on any atom is -0.467 e. The molecule has 1 aromatic rings. The number of hydrogen-bond donors (Lipinski definition) is 2. The number of furan rings is 1. The van der Waals surface area contributed by atoms with Crippen molar-refractivity contribution in [2.45, 2.75) is 33.0 Å². The molecule has 116 valence electrons. The Hall–Kier alpha value is -0.880. The van der Waals surface area contributed by atoms with Crippen molar-refractivity contribution in [3.63, 3.8) is 0 Å². The fourth-order valence-electron chi connectivity index (χ4n) is 1.64. The smallest absolute Gasteiger partial charge is 0.129 e. The van der Waals surface area contributed by atoms with Crippen LogP contribution >= 0.6 is 0 Å². The molecule has 2 N–H and O–H groups in total. The Balaban J connectivity index is 1.86. The minimum absolute atomic E-state index is 0.303. The molecule has 5 heteroatoms. The van der Waals surface area contributed by atoms with Crippen molar-refractivity contribution in [1.29, 1.82) is 0 Å². The standard InChI is InChI=1S/C15H27NO4/c1-13(2)10-18-7-4-6-16-9-14(17)11-19-12-15-5-3-8-20-15/h3,5,8,13-14,16-17H,4,6-7,9-12H2,1-2H3. The minimum atomic E-state index is -0.499. The first-order valence-corrected chi connectivity index (χ1v) is 7.25. The summed E-state index contributed by atoms with van der Waals surface area (Å²) in [6.45, 7) is 7.91. The van der Waals surface area contributed by atoms with Crippen molar-refractivity contribution in [2.75, 3.05) is 32.9 Å². The molecule has 0 radical (unpaired) electrons. The van der Waals surface area contributed by atoms with Crippen molar-refractivity contribution in [1.82, 2.24) is 5.32 Å². The lowest BCUT2D eigenvalue weighted by molar-refractivity contribution is 0.0224. The van der Waals surface area contributed by atoms with E-state index in [0.717, 1.165) is 31.9 Å². The van der Waals surface area contributed by atoms with E-state index >= 15 is 0 Å². The number of rotatable bonds is 12. The van der Waals surface area contributed by atoms with Crippen LogP contribution in [0, 0.1) is 5.92 Å². The number of ether oxygens (including phenoxy) is 2. The van der Waals surface area contributed by atoms with Crippen LogP contribution in [0.5, 0.6) is 0 Å². The first-order valence-electron chi connectivity index (χ1n) is 7.25. The lowest BCUT2D eigenvalue weighted by atomic mass is 10.2. The molecule has 0 fully saturated rings. The maximum Gasteiger partial charge on any atom is 0.129 e. The summed E-state index contributed by atoms with van der Waals surface area (Å²) in [6.07, 6.45) is 2.06. The highest BCUT2D eigenvalue weighted by Gasteiger charge is 2.04. The quantitative estimate of drug-likeness (QED) is 0.573. The molecule has 0 aromatic carbocycles. The average molecular weight is 285 g/mol. The molecule has 1 atom stereocenters. The largest absolute Gasteiger partial charge is 0.467 e. The average Bonchev–Trinajstić information content (AvgIpc) is 2.90. The Bertz CT molecular complexity index is 314. The second kappa shape index (κ2) is 10.9. The zero-order valence-corrected chi connectivity index (χ0v) is 12.5. The summed E-state index contributed by atoms with van der Waals surface area (Å²) in [7, 11) is 0. The van der Waals surface area contributed by atoms with Gasteiger partial charge in [0.05, 0.1) is 19.0 Å². The van der Waals surface area contributed by atoms with Crippen LogP contribution in [-0.4, -0.2) is 44.1 Å². The van der Waals surface area contributed by atoms with Crippen LogP contribution in [0.25, 0.3) is 0 Å². The number of aliphatic hydroxyl groups is 1. The van der Waals surface area contributed by atoms with Crippen LogP contribution < -0.4 is 5.32 Å². The van der Waals surface area contributed by atoms with E-state index in [4.69, 9.17) is 13.9 Å². The number of aliphatic hydroxyl groups excluding tert-OH is 1. The topological polar surface area (TPSA) is 63.9 Å². The van der Waals surface area contributed by atoms with Gasteiger partial charge in [-0.25, -0.2) is 0 Å². The summed E-state index contributed by atoms with van der Waals surface area (Å²) < 4.78 is 16.0. The van der Waals surface area contributed by atoms with E-state index in [1.165, 1.54) is 0 Å². The maximum absolute atomic E-state index is 9.70. The third-order valence-corrected chi connectivity index (χ3v) is 2.61. The van der Waals surface area contributed by atoms with Gasteiger partial charge in [-0.05, 0) is 31.0 Å². The highest BCUT2D eigenvalue weighted by atomic mass is 16.5. The van der Waals surface area contributed by atoms with Gasteiger partial charge < -0.3 is 24.3 Å². The summed E-state index contributed by atoms with van der Waals surface area (Å²) in [5.41, 5.74) is 0. The van der Waals surface area contributed by atoms with E-state index < -0.39 is 6.10 Å². The third kappa shape index (κ3) is 9.09. The molecule has 20 heavy (non-hydrogen) atoms. The SMILES string of the molecule is CC(C)COCCCNCC(O)COCc1ccco1. The molecular formula is C15H27NO4. The molecule has 1 unspecified atom stereocenters. The Morgan fingerprint density at radius 1 is 1.30 bits per heavy atom. The van der Waals surface area contributed by atoms with Crippen LogP contribution in [0.3, 0.4) is 0 Å². The van der Waals surface area contributed by atoms with Crippen molar-refractivity contribution >= 4 is 0 Å². The lowest BCUT2D eigenvalue weighted by Gasteiger charge is -2.12. The Morgan fingerprint density at radius 2 is 2.15 bits per heavy atom. The molecule has 5 nitrogen and oxygen atoms in total. The second-order valence-electron chi connectivity index (χ2n) is 5.27. The van der Waals surface area contributed by atoms with Gasteiger partial charge in [-0.15, -0.1) is 0 Å². The highest BCUT2D eigenvalue weighted by Crippen LogP contribution is 2.01. The molecule has 0 bridgehead atoms. The van der Waals surface area contributed by atoms with E-state index in [0.29, 0.717) is 25.7 Å². The van der Waals surface area contributed by atoms with E-state index in [1.54, 1.807) is 6.26 Å². The Labute approximate surface area is 121 Å². The fraction of sp³-hybridized carbons (Fsp3) is 0.733. The first-order chi connectivity index (χ1) is 9.68. The fourth-order valence-corrected chi connectivity index (χ4v) is 1.64. The van der Waals surface area contributed by atoms with E-state index in [-0.39, 0.29) is 0 Å². The van der Waals surface area contributed by atoms with Crippen molar-refractivity contribution < 1.29 is 19.0 Å². The van der Waals surface area contributed by atoms with Crippen molar-refractivity contribution in [2.24, 2.45) is 5.92 Å². The summed E-state index contributed by atoms with van der Waals surface area (Å²) in [6, 6.07) is 3.67. The van der Waals surface area contributed by atoms with Crippen molar-refractivity contribution in [3.05, 3.63) is 24.2 Å². The molecule has 0 amide bonds. The van der Waals surface area contributed by atoms with Gasteiger partial charge >= 0.3 is 0 Å². The molecular weight excluding hydrogens is 258 g/mol. The van der Waals surface area contributed by atoms with Gasteiger partial charge in [0.2, 0.25) is 0 Å². The predicted molar refractivity (Wildman–Crippen MR) is 77.5 cm³/mol. The lowest BCUT2D eigenvalue weighted by Crippen LogP contribution is -2.31. The van der Waals surface area contributed by atoms with E-state index in [1.807, 2.05) is 12.1 Å². The molecule has 0 saturated heterocycles. The molecule has 1 rings (SSSR count). The van der Waals surface area contributed by atoms with Gasteiger partial charge in [-0.1, -0.05) is 13.8 Å². The predicted octanol–water partition coefficient (Wildman–Crippen LogP) is 1.81. The van der Waals surface area contributed by atoms with Gasteiger partial charge in [0, 0.05) is 19.8 Å². The molecule has 1 heterocycles. The molecule has 0 aliphatic heterocycles. The Kier molecular flexibility index (Phi) is 9.32.